The zero-order chi connectivity index (χ0) is 14.5. The van der Waals surface area contributed by atoms with Gasteiger partial charge in [0.15, 0.2) is 12.4 Å². The van der Waals surface area contributed by atoms with Gasteiger partial charge in [-0.05, 0) is 24.6 Å². The normalized spacial score (nSPS) is 9.67. The van der Waals surface area contributed by atoms with Gasteiger partial charge >= 0.3 is 0 Å². The van der Waals surface area contributed by atoms with Crippen molar-refractivity contribution in [3.63, 3.8) is 0 Å². The molecule has 0 atom stereocenters. The van der Waals surface area contributed by atoms with Gasteiger partial charge in [-0.25, -0.2) is 0 Å². The second-order valence-electron chi connectivity index (χ2n) is 5.04. The van der Waals surface area contributed by atoms with E-state index >= 15 is 0 Å². The lowest BCUT2D eigenvalue weighted by Gasteiger charge is -2.10. The molecule has 0 aliphatic carbocycles. The summed E-state index contributed by atoms with van der Waals surface area (Å²) in [6.45, 7) is 2.31. The fourth-order valence-electron chi connectivity index (χ4n) is 1.94. The molecular weight excluding hydrogens is 286 g/mol. The average Bonchev–Trinajstić information content (AvgIpc) is 2.39. The van der Waals surface area contributed by atoms with E-state index in [0.717, 1.165) is 16.9 Å². The van der Waals surface area contributed by atoms with E-state index in [1.807, 2.05) is 79.3 Å². The van der Waals surface area contributed by atoms with Gasteiger partial charge in [-0.2, -0.15) is 4.57 Å². The molecule has 0 spiro atoms. The lowest BCUT2D eigenvalue weighted by atomic mass is 10.2. The molecule has 2 aromatic rings. The third-order valence-electron chi connectivity index (χ3n) is 3.02. The number of benzene rings is 1. The van der Waals surface area contributed by atoms with Gasteiger partial charge in [-0.3, -0.25) is 4.79 Å². The van der Waals surface area contributed by atoms with E-state index in [4.69, 9.17) is 0 Å². The zero-order valence-electron chi connectivity index (χ0n) is 12.5. The first kappa shape index (κ1) is 17.0. The summed E-state index contributed by atoms with van der Waals surface area (Å²) in [4.78, 5) is 14.0. The van der Waals surface area contributed by atoms with E-state index in [1.54, 1.807) is 0 Å². The number of carbonyl (C=O) groups excluding carboxylic acids is 1. The van der Waals surface area contributed by atoms with Crippen LogP contribution in [0.3, 0.4) is 0 Å². The number of halogens is 1. The van der Waals surface area contributed by atoms with Gasteiger partial charge in [0.25, 0.3) is 5.91 Å². The van der Waals surface area contributed by atoms with Crippen LogP contribution in [0.5, 0.6) is 0 Å². The summed E-state index contributed by atoms with van der Waals surface area (Å²) in [6.07, 6.45) is 3.82. The van der Waals surface area contributed by atoms with Crippen molar-refractivity contribution in [2.24, 2.45) is 0 Å². The van der Waals surface area contributed by atoms with E-state index in [2.05, 4.69) is 5.32 Å². The molecule has 5 heteroatoms. The molecule has 1 aromatic carbocycles. The number of aryl methyl sites for hydroxylation is 1. The van der Waals surface area contributed by atoms with Crippen molar-refractivity contribution >= 4 is 17.3 Å². The summed E-state index contributed by atoms with van der Waals surface area (Å²) in [5.41, 5.74) is 3.08. The third kappa shape index (κ3) is 5.08. The molecular formula is C16H20ClN3O. The Labute approximate surface area is 131 Å². The topological polar surface area (TPSA) is 36.2 Å². The Bertz CT molecular complexity index is 597. The number of carbonyl (C=O) groups is 1. The van der Waals surface area contributed by atoms with Gasteiger partial charge < -0.3 is 22.6 Å². The van der Waals surface area contributed by atoms with E-state index in [9.17, 15) is 4.79 Å². The first-order chi connectivity index (χ1) is 9.54. The number of hydrogen-bond acceptors (Lipinski definition) is 2. The minimum atomic E-state index is -0.0294. The summed E-state index contributed by atoms with van der Waals surface area (Å²) < 4.78 is 1.86. The van der Waals surface area contributed by atoms with Crippen molar-refractivity contribution in [3.05, 3.63) is 54.4 Å². The van der Waals surface area contributed by atoms with Gasteiger partial charge in [-0.15, -0.1) is 0 Å². The van der Waals surface area contributed by atoms with Crippen molar-refractivity contribution in [1.29, 1.82) is 0 Å². The molecule has 0 bridgehead atoms. The molecule has 2 rings (SSSR count). The molecule has 1 N–H and O–H groups in total. The highest BCUT2D eigenvalue weighted by molar-refractivity contribution is 5.89. The van der Waals surface area contributed by atoms with Crippen molar-refractivity contribution in [2.75, 3.05) is 24.3 Å². The van der Waals surface area contributed by atoms with E-state index in [1.165, 1.54) is 0 Å². The number of nitrogens with one attached hydrogen (secondary N) is 1. The SMILES string of the molecule is Cc1cccc(NC(=O)C[n+]2ccc(N(C)C)cc2)c1.[Cl-]. The monoisotopic (exact) mass is 305 g/mol. The Hall–Kier alpha value is -2.07. The van der Waals surface area contributed by atoms with Crippen LogP contribution in [0.4, 0.5) is 11.4 Å². The van der Waals surface area contributed by atoms with Crippen LogP contribution in [0.1, 0.15) is 5.56 Å². The van der Waals surface area contributed by atoms with Gasteiger partial charge in [0.1, 0.15) is 0 Å². The molecule has 1 aromatic heterocycles. The summed E-state index contributed by atoms with van der Waals surface area (Å²) in [7, 11) is 3.98. The fraction of sp³-hybridized carbons (Fsp3) is 0.250. The van der Waals surface area contributed by atoms with Crippen LogP contribution in [0.2, 0.25) is 0 Å². The molecule has 0 aliphatic rings. The van der Waals surface area contributed by atoms with Crippen LogP contribution in [0, 0.1) is 6.92 Å². The predicted molar refractivity (Wildman–Crippen MR) is 80.8 cm³/mol. The molecule has 21 heavy (non-hydrogen) atoms. The molecule has 1 amide bonds. The van der Waals surface area contributed by atoms with E-state index in [0.29, 0.717) is 6.54 Å². The maximum Gasteiger partial charge on any atom is 0.290 e. The smallest absolute Gasteiger partial charge is 0.290 e. The first-order valence-corrected chi connectivity index (χ1v) is 6.57. The summed E-state index contributed by atoms with van der Waals surface area (Å²) in [5.74, 6) is -0.0294. The van der Waals surface area contributed by atoms with Crippen LogP contribution in [0.25, 0.3) is 0 Å². The maximum atomic E-state index is 12.0. The minimum Gasteiger partial charge on any atom is -1.00 e. The third-order valence-corrected chi connectivity index (χ3v) is 3.02. The summed E-state index contributed by atoms with van der Waals surface area (Å²) in [5, 5.41) is 2.90. The molecule has 112 valence electrons. The van der Waals surface area contributed by atoms with Gasteiger partial charge in [0.05, 0.1) is 0 Å². The molecule has 0 fully saturated rings. The van der Waals surface area contributed by atoms with Crippen LogP contribution in [-0.2, 0) is 11.3 Å². The summed E-state index contributed by atoms with van der Waals surface area (Å²) in [6, 6.07) is 11.8. The molecule has 0 aliphatic heterocycles. The van der Waals surface area contributed by atoms with Crippen LogP contribution in [-0.4, -0.2) is 20.0 Å². The number of aromatic nitrogens is 1. The quantitative estimate of drug-likeness (QED) is 0.735. The van der Waals surface area contributed by atoms with Crippen LogP contribution in [0.15, 0.2) is 48.8 Å². The van der Waals surface area contributed by atoms with Crippen molar-refractivity contribution in [2.45, 2.75) is 13.5 Å². The number of nitrogens with zero attached hydrogens (tertiary/aromatic N) is 2. The minimum absolute atomic E-state index is 0. The maximum absolute atomic E-state index is 12.0. The first-order valence-electron chi connectivity index (χ1n) is 6.57. The number of hydrogen-bond donors (Lipinski definition) is 1. The number of amides is 1. The van der Waals surface area contributed by atoms with Gasteiger partial charge in [0, 0.05) is 37.6 Å². The number of anilines is 2. The second-order valence-corrected chi connectivity index (χ2v) is 5.04. The van der Waals surface area contributed by atoms with Crippen LogP contribution >= 0.6 is 0 Å². The van der Waals surface area contributed by atoms with Crippen LogP contribution < -0.4 is 27.2 Å². The highest BCUT2D eigenvalue weighted by Crippen LogP contribution is 2.09. The summed E-state index contributed by atoms with van der Waals surface area (Å²) >= 11 is 0. The van der Waals surface area contributed by atoms with E-state index in [-0.39, 0.29) is 18.3 Å². The standard InChI is InChI=1S/C16H19N3O.ClH/c1-13-5-4-6-14(11-13)17-16(20)12-19-9-7-15(8-10-19)18(2)3;/h4-11H,12H2,1-3H3;1H. The van der Waals surface area contributed by atoms with Gasteiger partial charge in [0.2, 0.25) is 6.54 Å². The molecule has 0 unspecified atom stereocenters. The Morgan fingerprint density at radius 1 is 1.19 bits per heavy atom. The van der Waals surface area contributed by atoms with Crippen molar-refractivity contribution in [1.82, 2.24) is 0 Å². The Morgan fingerprint density at radius 2 is 1.86 bits per heavy atom. The van der Waals surface area contributed by atoms with Gasteiger partial charge in [-0.1, -0.05) is 12.1 Å². The Balaban J connectivity index is 0.00000220. The largest absolute Gasteiger partial charge is 1.00 e. The fourth-order valence-corrected chi connectivity index (χ4v) is 1.94. The van der Waals surface area contributed by atoms with E-state index < -0.39 is 0 Å². The predicted octanol–water partition coefficient (Wildman–Crippen LogP) is -1.01. The zero-order valence-corrected chi connectivity index (χ0v) is 13.3. The Kier molecular flexibility index (Phi) is 6.18. The average molecular weight is 306 g/mol. The Morgan fingerprint density at radius 3 is 2.43 bits per heavy atom. The number of pyridine rings is 1. The second kappa shape index (κ2) is 7.64. The lowest BCUT2D eigenvalue weighted by molar-refractivity contribution is -0.684. The highest BCUT2D eigenvalue weighted by atomic mass is 35.5. The molecule has 4 nitrogen and oxygen atoms in total. The molecule has 0 saturated heterocycles. The van der Waals surface area contributed by atoms with Crippen molar-refractivity contribution in [3.8, 4) is 0 Å². The lowest BCUT2D eigenvalue weighted by Crippen LogP contribution is -3.00. The highest BCUT2D eigenvalue weighted by Gasteiger charge is 2.09. The molecule has 1 heterocycles. The number of rotatable bonds is 4. The van der Waals surface area contributed by atoms with Crippen molar-refractivity contribution < 1.29 is 21.8 Å². The molecule has 0 radical (unpaired) electrons. The molecule has 0 saturated carbocycles.